The molecule has 22 heavy (non-hydrogen) atoms. The van der Waals surface area contributed by atoms with E-state index in [0.29, 0.717) is 19.6 Å². The van der Waals surface area contributed by atoms with Crippen LogP contribution in [0.25, 0.3) is 0 Å². The third kappa shape index (κ3) is 2.92. The van der Waals surface area contributed by atoms with Crippen LogP contribution in [0.1, 0.15) is 16.7 Å². The second-order valence-electron chi connectivity index (χ2n) is 5.64. The third-order valence-corrected chi connectivity index (χ3v) is 5.86. The lowest BCUT2D eigenvalue weighted by Gasteiger charge is -2.31. The minimum absolute atomic E-state index is 0.328. The highest BCUT2D eigenvalue weighted by Crippen LogP contribution is 2.22. The molecule has 0 N–H and O–H groups in total. The van der Waals surface area contributed by atoms with E-state index in [1.54, 1.807) is 22.2 Å². The molecule has 1 aliphatic heterocycles. The smallest absolute Gasteiger partial charge is 0.275 e. The van der Waals surface area contributed by atoms with E-state index < -0.39 is 10.2 Å². The van der Waals surface area contributed by atoms with Crippen LogP contribution in [0, 0.1) is 0 Å². The van der Waals surface area contributed by atoms with Crippen molar-refractivity contribution < 1.29 is 8.42 Å². The number of aromatic nitrogens is 2. The lowest BCUT2D eigenvalue weighted by atomic mass is 10.0. The lowest BCUT2D eigenvalue weighted by Crippen LogP contribution is -2.43. The second kappa shape index (κ2) is 5.83. The van der Waals surface area contributed by atoms with Crippen molar-refractivity contribution in [3.05, 3.63) is 53.3 Å². The first kappa shape index (κ1) is 15.2. The molecule has 0 aliphatic carbocycles. The zero-order chi connectivity index (χ0) is 15.7. The topological polar surface area (TPSA) is 58.4 Å². The average Bonchev–Trinajstić information content (AvgIpc) is 2.91. The third-order valence-electron chi connectivity index (χ3n) is 3.98. The summed E-state index contributed by atoms with van der Waals surface area (Å²) >= 11 is 0. The standard InChI is InChI=1S/C15H20N4O2S/c1-17-10-13(9-16-17)11-18(2)22(20,21)19-8-7-14-5-3-4-6-15(14)12-19/h3-6,9-10H,7-8,11-12H2,1-2H3. The van der Waals surface area contributed by atoms with Gasteiger partial charge in [-0.15, -0.1) is 0 Å². The lowest BCUT2D eigenvalue weighted by molar-refractivity contribution is 0.342. The van der Waals surface area contributed by atoms with E-state index >= 15 is 0 Å². The Kier molecular flexibility index (Phi) is 4.03. The van der Waals surface area contributed by atoms with Crippen LogP contribution in [0.3, 0.4) is 0 Å². The SMILES string of the molecule is CN(Cc1cnn(C)c1)S(=O)(=O)N1CCc2ccccc2C1. The normalized spacial score (nSPS) is 16.0. The Labute approximate surface area is 131 Å². The fourth-order valence-electron chi connectivity index (χ4n) is 2.76. The Bertz CT molecular complexity index is 769. The van der Waals surface area contributed by atoms with Gasteiger partial charge in [-0.2, -0.15) is 22.1 Å². The predicted octanol–water partition coefficient (Wildman–Crippen LogP) is 1.15. The van der Waals surface area contributed by atoms with Crippen LogP contribution >= 0.6 is 0 Å². The van der Waals surface area contributed by atoms with Crippen LogP contribution in [0.15, 0.2) is 36.7 Å². The van der Waals surface area contributed by atoms with Gasteiger partial charge in [-0.1, -0.05) is 24.3 Å². The number of hydrogen-bond acceptors (Lipinski definition) is 3. The maximum absolute atomic E-state index is 12.7. The van der Waals surface area contributed by atoms with Gasteiger partial charge in [0.1, 0.15) is 0 Å². The molecule has 0 saturated heterocycles. The first-order valence-electron chi connectivity index (χ1n) is 7.22. The van der Waals surface area contributed by atoms with Gasteiger partial charge < -0.3 is 0 Å². The maximum Gasteiger partial charge on any atom is 0.282 e. The first-order valence-corrected chi connectivity index (χ1v) is 8.62. The molecule has 2 aromatic rings. The summed E-state index contributed by atoms with van der Waals surface area (Å²) in [6.07, 6.45) is 4.28. The molecule has 1 aliphatic rings. The van der Waals surface area contributed by atoms with Gasteiger partial charge in [0.05, 0.1) is 6.20 Å². The number of hydrogen-bond donors (Lipinski definition) is 0. The number of benzene rings is 1. The van der Waals surface area contributed by atoms with Crippen molar-refractivity contribution in [3.63, 3.8) is 0 Å². The molecule has 0 radical (unpaired) electrons. The van der Waals surface area contributed by atoms with Crippen molar-refractivity contribution in [2.75, 3.05) is 13.6 Å². The Balaban J connectivity index is 1.76. The summed E-state index contributed by atoms with van der Waals surface area (Å²) in [5, 5.41) is 4.08. The van der Waals surface area contributed by atoms with Gasteiger partial charge >= 0.3 is 0 Å². The first-order chi connectivity index (χ1) is 10.5. The zero-order valence-corrected chi connectivity index (χ0v) is 13.6. The molecule has 6 nitrogen and oxygen atoms in total. The molecular weight excluding hydrogens is 300 g/mol. The molecule has 7 heteroatoms. The maximum atomic E-state index is 12.7. The van der Waals surface area contributed by atoms with Gasteiger partial charge in [0.2, 0.25) is 0 Å². The summed E-state index contributed by atoms with van der Waals surface area (Å²) in [7, 11) is -0.0311. The van der Waals surface area contributed by atoms with Crippen molar-refractivity contribution >= 4 is 10.2 Å². The summed E-state index contributed by atoms with van der Waals surface area (Å²) in [6, 6.07) is 8.02. The molecule has 2 heterocycles. The van der Waals surface area contributed by atoms with E-state index in [1.165, 1.54) is 9.87 Å². The Morgan fingerprint density at radius 3 is 2.68 bits per heavy atom. The minimum Gasteiger partial charge on any atom is -0.275 e. The quantitative estimate of drug-likeness (QED) is 0.849. The summed E-state index contributed by atoms with van der Waals surface area (Å²) in [6.45, 7) is 1.29. The zero-order valence-electron chi connectivity index (χ0n) is 12.8. The van der Waals surface area contributed by atoms with Gasteiger partial charge in [-0.3, -0.25) is 4.68 Å². The molecule has 0 bridgehead atoms. The highest BCUT2D eigenvalue weighted by molar-refractivity contribution is 7.86. The van der Waals surface area contributed by atoms with Gasteiger partial charge in [-0.25, -0.2) is 0 Å². The van der Waals surface area contributed by atoms with Gasteiger partial charge in [0, 0.05) is 45.5 Å². The van der Waals surface area contributed by atoms with Crippen LogP contribution in [0.4, 0.5) is 0 Å². The van der Waals surface area contributed by atoms with Crippen molar-refractivity contribution in [1.29, 1.82) is 0 Å². The Hall–Kier alpha value is -1.70. The largest absolute Gasteiger partial charge is 0.282 e. The number of aryl methyl sites for hydroxylation is 1. The van der Waals surface area contributed by atoms with Crippen LogP contribution in [0.5, 0.6) is 0 Å². The molecule has 1 aromatic heterocycles. The summed E-state index contributed by atoms with van der Waals surface area (Å²) < 4.78 is 30.1. The molecule has 1 aromatic carbocycles. The van der Waals surface area contributed by atoms with E-state index in [-0.39, 0.29) is 0 Å². The Morgan fingerprint density at radius 2 is 2.00 bits per heavy atom. The number of fused-ring (bicyclic) bond motifs is 1. The molecule has 0 amide bonds. The van der Waals surface area contributed by atoms with Crippen molar-refractivity contribution in [1.82, 2.24) is 18.4 Å². The minimum atomic E-state index is -3.46. The number of rotatable bonds is 4. The monoisotopic (exact) mass is 320 g/mol. The van der Waals surface area contributed by atoms with Crippen molar-refractivity contribution in [3.8, 4) is 0 Å². The van der Waals surface area contributed by atoms with E-state index in [4.69, 9.17) is 0 Å². The molecule has 118 valence electrons. The van der Waals surface area contributed by atoms with E-state index in [1.807, 2.05) is 31.4 Å². The van der Waals surface area contributed by atoms with Gasteiger partial charge in [0.15, 0.2) is 0 Å². The predicted molar refractivity (Wildman–Crippen MR) is 84.2 cm³/mol. The molecule has 0 spiro atoms. The second-order valence-corrected chi connectivity index (χ2v) is 7.67. The van der Waals surface area contributed by atoms with E-state index in [9.17, 15) is 8.42 Å². The van der Waals surface area contributed by atoms with Gasteiger partial charge in [-0.05, 0) is 17.5 Å². The Morgan fingerprint density at radius 1 is 1.27 bits per heavy atom. The highest BCUT2D eigenvalue weighted by Gasteiger charge is 2.30. The molecule has 0 atom stereocenters. The number of nitrogens with zero attached hydrogens (tertiary/aromatic N) is 4. The van der Waals surface area contributed by atoms with Gasteiger partial charge in [0.25, 0.3) is 10.2 Å². The van der Waals surface area contributed by atoms with Crippen LogP contribution in [-0.2, 0) is 36.8 Å². The van der Waals surface area contributed by atoms with E-state index in [0.717, 1.165) is 17.5 Å². The van der Waals surface area contributed by atoms with Crippen LogP contribution in [-0.4, -0.2) is 40.4 Å². The molecule has 0 fully saturated rings. The van der Waals surface area contributed by atoms with Crippen LogP contribution in [0.2, 0.25) is 0 Å². The van der Waals surface area contributed by atoms with Crippen molar-refractivity contribution in [2.24, 2.45) is 7.05 Å². The summed E-state index contributed by atoms with van der Waals surface area (Å²) in [5.74, 6) is 0. The molecule has 0 saturated carbocycles. The fourth-order valence-corrected chi connectivity index (χ4v) is 4.09. The average molecular weight is 320 g/mol. The molecule has 3 rings (SSSR count). The van der Waals surface area contributed by atoms with E-state index in [2.05, 4.69) is 11.2 Å². The summed E-state index contributed by atoms with van der Waals surface area (Å²) in [4.78, 5) is 0. The molecular formula is C15H20N4O2S. The van der Waals surface area contributed by atoms with Crippen molar-refractivity contribution in [2.45, 2.75) is 19.5 Å². The summed E-state index contributed by atoms with van der Waals surface area (Å²) in [5.41, 5.74) is 3.21. The highest BCUT2D eigenvalue weighted by atomic mass is 32.2. The van der Waals surface area contributed by atoms with Crippen LogP contribution < -0.4 is 0 Å². The fraction of sp³-hybridized carbons (Fsp3) is 0.400. The molecule has 0 unspecified atom stereocenters.